The molecular weight excluding hydrogens is 368 g/mol. The zero-order chi connectivity index (χ0) is 20.6. The number of nitrogens with one attached hydrogen (secondary N) is 1. The minimum atomic E-state index is 0.0481. The van der Waals surface area contributed by atoms with Crippen LogP contribution in [0.2, 0.25) is 0 Å². The maximum absolute atomic E-state index is 12.7. The molecule has 1 saturated carbocycles. The highest BCUT2D eigenvalue weighted by Crippen LogP contribution is 2.28. The predicted octanol–water partition coefficient (Wildman–Crippen LogP) is 3.53. The van der Waals surface area contributed by atoms with Crippen LogP contribution in [-0.2, 0) is 16.1 Å². The Morgan fingerprint density at radius 3 is 2.41 bits per heavy atom. The van der Waals surface area contributed by atoms with Gasteiger partial charge in [-0.3, -0.25) is 9.59 Å². The van der Waals surface area contributed by atoms with Gasteiger partial charge in [0.1, 0.15) is 11.5 Å². The van der Waals surface area contributed by atoms with Crippen LogP contribution in [0.5, 0.6) is 11.5 Å². The summed E-state index contributed by atoms with van der Waals surface area (Å²) in [6.07, 6.45) is 8.07. The summed E-state index contributed by atoms with van der Waals surface area (Å²) in [6, 6.07) is 5.57. The third kappa shape index (κ3) is 5.87. The highest BCUT2D eigenvalue weighted by Gasteiger charge is 2.29. The molecule has 1 saturated heterocycles. The van der Waals surface area contributed by atoms with Crippen LogP contribution in [0.3, 0.4) is 0 Å². The lowest BCUT2D eigenvalue weighted by Gasteiger charge is -2.35. The number of carbonyl (C=O) groups is 2. The van der Waals surface area contributed by atoms with Crippen molar-refractivity contribution in [1.82, 2.24) is 10.2 Å². The van der Waals surface area contributed by atoms with Crippen LogP contribution in [-0.4, -0.2) is 44.0 Å². The van der Waals surface area contributed by atoms with Gasteiger partial charge in [0.05, 0.1) is 14.2 Å². The van der Waals surface area contributed by atoms with Crippen molar-refractivity contribution >= 4 is 11.8 Å². The lowest BCUT2D eigenvalue weighted by Crippen LogP contribution is -2.43. The first-order chi connectivity index (χ1) is 14.1. The summed E-state index contributed by atoms with van der Waals surface area (Å²) < 4.78 is 10.6. The number of carbonyl (C=O) groups excluding carboxylic acids is 2. The summed E-state index contributed by atoms with van der Waals surface area (Å²) in [5, 5.41) is 3.00. The lowest BCUT2D eigenvalue weighted by molar-refractivity contribution is -0.138. The number of amides is 2. The molecule has 2 amide bonds. The Labute approximate surface area is 173 Å². The number of hydrogen-bond acceptors (Lipinski definition) is 4. The van der Waals surface area contributed by atoms with Gasteiger partial charge in [-0.15, -0.1) is 0 Å². The second-order valence-corrected chi connectivity index (χ2v) is 8.26. The zero-order valence-corrected chi connectivity index (χ0v) is 17.7. The van der Waals surface area contributed by atoms with E-state index in [0.29, 0.717) is 24.8 Å². The van der Waals surface area contributed by atoms with Crippen LogP contribution >= 0.6 is 0 Å². The average Bonchev–Trinajstić information content (AvgIpc) is 2.78. The van der Waals surface area contributed by atoms with Crippen LogP contribution in [0.4, 0.5) is 0 Å². The second kappa shape index (κ2) is 10.5. The van der Waals surface area contributed by atoms with E-state index < -0.39 is 0 Å². The third-order valence-electron chi connectivity index (χ3n) is 6.32. The normalized spacial score (nSPS) is 18.3. The van der Waals surface area contributed by atoms with Gasteiger partial charge < -0.3 is 19.7 Å². The molecular formula is C23H34N2O4. The van der Waals surface area contributed by atoms with Gasteiger partial charge in [-0.05, 0) is 49.8 Å². The van der Waals surface area contributed by atoms with Crippen LogP contribution in [0.1, 0.15) is 56.9 Å². The van der Waals surface area contributed by atoms with Crippen molar-refractivity contribution in [2.24, 2.45) is 11.8 Å². The number of likely N-dealkylation sites (tertiary alicyclic amines) is 1. The molecule has 0 spiro atoms. The molecule has 29 heavy (non-hydrogen) atoms. The third-order valence-corrected chi connectivity index (χ3v) is 6.32. The first-order valence-corrected chi connectivity index (χ1v) is 10.9. The Hall–Kier alpha value is -2.24. The molecule has 1 aliphatic heterocycles. The molecule has 2 fully saturated rings. The molecule has 0 atom stereocenters. The fraction of sp³-hybridized carbons (Fsp3) is 0.652. The summed E-state index contributed by atoms with van der Waals surface area (Å²) in [6.45, 7) is 1.99. The Kier molecular flexibility index (Phi) is 7.78. The van der Waals surface area contributed by atoms with E-state index >= 15 is 0 Å². The zero-order valence-electron chi connectivity index (χ0n) is 17.7. The minimum absolute atomic E-state index is 0.0481. The second-order valence-electron chi connectivity index (χ2n) is 8.26. The van der Waals surface area contributed by atoms with E-state index in [9.17, 15) is 9.59 Å². The lowest BCUT2D eigenvalue weighted by atomic mass is 9.87. The monoisotopic (exact) mass is 402 g/mol. The number of benzene rings is 1. The highest BCUT2D eigenvalue weighted by atomic mass is 16.5. The average molecular weight is 403 g/mol. The maximum atomic E-state index is 12.7. The molecule has 6 heteroatoms. The van der Waals surface area contributed by atoms with Gasteiger partial charge >= 0.3 is 0 Å². The van der Waals surface area contributed by atoms with Crippen molar-refractivity contribution in [2.75, 3.05) is 27.3 Å². The van der Waals surface area contributed by atoms with Crippen LogP contribution in [0, 0.1) is 11.8 Å². The van der Waals surface area contributed by atoms with Gasteiger partial charge in [0, 0.05) is 37.5 Å². The number of methoxy groups -OCH3 is 2. The molecule has 3 rings (SSSR count). The first kappa shape index (κ1) is 21.5. The SMILES string of the molecule is COc1ccc(OC)c(CNC(=O)CC2CCN(C(=O)C3CCCCC3)CC2)c1. The van der Waals surface area contributed by atoms with E-state index in [-0.39, 0.29) is 11.8 Å². The van der Waals surface area contributed by atoms with Crippen LogP contribution < -0.4 is 14.8 Å². The van der Waals surface area contributed by atoms with Gasteiger partial charge in [0.2, 0.25) is 11.8 Å². The van der Waals surface area contributed by atoms with E-state index in [1.165, 1.54) is 19.3 Å². The molecule has 2 aliphatic rings. The maximum Gasteiger partial charge on any atom is 0.225 e. The Morgan fingerprint density at radius 1 is 1.03 bits per heavy atom. The van der Waals surface area contributed by atoms with Gasteiger partial charge in [0.15, 0.2) is 0 Å². The Balaban J connectivity index is 1.42. The number of hydrogen-bond donors (Lipinski definition) is 1. The van der Waals surface area contributed by atoms with E-state index in [2.05, 4.69) is 5.32 Å². The molecule has 0 aromatic heterocycles. The van der Waals surface area contributed by atoms with Crippen molar-refractivity contribution in [3.63, 3.8) is 0 Å². The van der Waals surface area contributed by atoms with E-state index in [1.807, 2.05) is 23.1 Å². The van der Waals surface area contributed by atoms with E-state index in [4.69, 9.17) is 9.47 Å². The molecule has 1 aromatic rings. The van der Waals surface area contributed by atoms with Crippen molar-refractivity contribution in [3.8, 4) is 11.5 Å². The Morgan fingerprint density at radius 2 is 1.76 bits per heavy atom. The number of nitrogens with zero attached hydrogens (tertiary/aromatic N) is 1. The predicted molar refractivity (Wildman–Crippen MR) is 112 cm³/mol. The van der Waals surface area contributed by atoms with Gasteiger partial charge in [-0.25, -0.2) is 0 Å². The number of piperidine rings is 1. The number of rotatable bonds is 7. The fourth-order valence-electron chi connectivity index (χ4n) is 4.51. The van der Waals surface area contributed by atoms with Gasteiger partial charge in [0.25, 0.3) is 0 Å². The summed E-state index contributed by atoms with van der Waals surface area (Å²) in [7, 11) is 3.24. The van der Waals surface area contributed by atoms with Crippen LogP contribution in [0.15, 0.2) is 18.2 Å². The van der Waals surface area contributed by atoms with Crippen LogP contribution in [0.25, 0.3) is 0 Å². The van der Waals surface area contributed by atoms with Crippen molar-refractivity contribution < 1.29 is 19.1 Å². The molecule has 0 bridgehead atoms. The Bertz CT molecular complexity index is 692. The molecule has 0 unspecified atom stereocenters. The van der Waals surface area contributed by atoms with Crippen molar-refractivity contribution in [1.29, 1.82) is 0 Å². The smallest absolute Gasteiger partial charge is 0.225 e. The molecule has 1 N–H and O–H groups in total. The molecule has 1 aliphatic carbocycles. The highest BCUT2D eigenvalue weighted by molar-refractivity contribution is 5.79. The summed E-state index contributed by atoms with van der Waals surface area (Å²) in [4.78, 5) is 27.1. The molecule has 1 aromatic carbocycles. The number of ether oxygens (including phenoxy) is 2. The quantitative estimate of drug-likeness (QED) is 0.758. The molecule has 6 nitrogen and oxygen atoms in total. The van der Waals surface area contributed by atoms with Gasteiger partial charge in [-0.2, -0.15) is 0 Å². The summed E-state index contributed by atoms with van der Waals surface area (Å²) in [5.74, 6) is 2.45. The molecule has 1 heterocycles. The van der Waals surface area contributed by atoms with E-state index in [1.54, 1.807) is 14.2 Å². The van der Waals surface area contributed by atoms with Crippen molar-refractivity contribution in [2.45, 2.75) is 57.9 Å². The molecule has 160 valence electrons. The standard InChI is InChI=1S/C23H34N2O4/c1-28-20-8-9-21(29-2)19(15-20)16-24-22(26)14-17-10-12-25(13-11-17)23(27)18-6-4-3-5-7-18/h8-9,15,17-18H,3-7,10-14,16H2,1-2H3,(H,24,26). The topological polar surface area (TPSA) is 67.9 Å². The summed E-state index contributed by atoms with van der Waals surface area (Å²) in [5.41, 5.74) is 0.896. The molecule has 0 radical (unpaired) electrons. The summed E-state index contributed by atoms with van der Waals surface area (Å²) >= 11 is 0. The first-order valence-electron chi connectivity index (χ1n) is 10.9. The van der Waals surface area contributed by atoms with E-state index in [0.717, 1.165) is 55.8 Å². The fourth-order valence-corrected chi connectivity index (χ4v) is 4.51. The van der Waals surface area contributed by atoms with Gasteiger partial charge in [-0.1, -0.05) is 19.3 Å². The van der Waals surface area contributed by atoms with Crippen molar-refractivity contribution in [3.05, 3.63) is 23.8 Å². The minimum Gasteiger partial charge on any atom is -0.497 e. The largest absolute Gasteiger partial charge is 0.497 e.